The number of aryl methyl sites for hydroxylation is 1. The first-order valence-corrected chi connectivity index (χ1v) is 9.48. The van der Waals surface area contributed by atoms with Gasteiger partial charge in [0.15, 0.2) is 0 Å². The lowest BCUT2D eigenvalue weighted by atomic mass is 10.0. The van der Waals surface area contributed by atoms with E-state index in [0.29, 0.717) is 22.9 Å². The number of carbonyl (C=O) groups excluding carboxylic acids is 1. The smallest absolute Gasteiger partial charge is 0.277 e. The molecule has 5 nitrogen and oxygen atoms in total. The molecule has 1 fully saturated rings. The average Bonchev–Trinajstić information content (AvgIpc) is 3.08. The van der Waals surface area contributed by atoms with Crippen LogP contribution in [0.2, 0.25) is 0 Å². The molecule has 1 aromatic heterocycles. The molecule has 0 aliphatic carbocycles. The zero-order valence-electron chi connectivity index (χ0n) is 14.2. The van der Waals surface area contributed by atoms with Gasteiger partial charge in [0.25, 0.3) is 5.22 Å². The number of rotatable bonds is 5. The summed E-state index contributed by atoms with van der Waals surface area (Å²) in [5.74, 6) is 1.02. The Labute approximate surface area is 146 Å². The van der Waals surface area contributed by atoms with Crippen LogP contribution in [0.3, 0.4) is 0 Å². The molecule has 1 aliphatic rings. The number of benzene rings is 1. The van der Waals surface area contributed by atoms with Gasteiger partial charge in [-0.1, -0.05) is 36.4 Å². The number of piperidine rings is 1. The fourth-order valence-electron chi connectivity index (χ4n) is 3.12. The molecule has 24 heavy (non-hydrogen) atoms. The number of hydrogen-bond acceptors (Lipinski definition) is 5. The van der Waals surface area contributed by atoms with Gasteiger partial charge in [-0.15, -0.1) is 10.2 Å². The average molecular weight is 345 g/mol. The van der Waals surface area contributed by atoms with Gasteiger partial charge in [0.1, 0.15) is 0 Å². The van der Waals surface area contributed by atoms with Crippen molar-refractivity contribution in [3.05, 3.63) is 29.8 Å². The first-order chi connectivity index (χ1) is 11.7. The normalized spacial score (nSPS) is 17.9. The standard InChI is InChI=1S/C18H23N3O2S/c1-3-15-9-4-5-10-21(15)16(22)12-24-18-20-19-17(23-18)14-8-6-7-13(2)11-14/h6-8,11,15H,3-5,9-10,12H2,1-2H3/t15-/m1/s1. The zero-order chi connectivity index (χ0) is 16.9. The summed E-state index contributed by atoms with van der Waals surface area (Å²) in [6, 6.07) is 8.33. The molecule has 2 aromatic rings. The van der Waals surface area contributed by atoms with E-state index < -0.39 is 0 Å². The van der Waals surface area contributed by atoms with Crippen LogP contribution in [0.1, 0.15) is 38.2 Å². The predicted molar refractivity (Wildman–Crippen MR) is 94.8 cm³/mol. The highest BCUT2D eigenvalue weighted by Gasteiger charge is 2.25. The quantitative estimate of drug-likeness (QED) is 0.769. The molecule has 128 valence electrons. The second-order valence-electron chi connectivity index (χ2n) is 6.18. The van der Waals surface area contributed by atoms with E-state index in [1.807, 2.05) is 36.1 Å². The molecule has 1 saturated heterocycles. The number of nitrogens with zero attached hydrogens (tertiary/aromatic N) is 3. The highest BCUT2D eigenvalue weighted by Crippen LogP contribution is 2.25. The van der Waals surface area contributed by atoms with Crippen LogP contribution in [0, 0.1) is 6.92 Å². The third kappa shape index (κ3) is 3.98. The fourth-order valence-corrected chi connectivity index (χ4v) is 3.77. The first-order valence-electron chi connectivity index (χ1n) is 8.50. The molecule has 0 N–H and O–H groups in total. The third-order valence-electron chi connectivity index (χ3n) is 4.41. The molecule has 1 amide bonds. The van der Waals surface area contributed by atoms with Crippen molar-refractivity contribution in [3.8, 4) is 11.5 Å². The van der Waals surface area contributed by atoms with Crippen LogP contribution in [0.15, 0.2) is 33.9 Å². The van der Waals surface area contributed by atoms with E-state index in [0.717, 1.165) is 36.9 Å². The van der Waals surface area contributed by atoms with Crippen molar-refractivity contribution < 1.29 is 9.21 Å². The van der Waals surface area contributed by atoms with Gasteiger partial charge >= 0.3 is 0 Å². The van der Waals surface area contributed by atoms with Gasteiger partial charge in [-0.3, -0.25) is 4.79 Å². The van der Waals surface area contributed by atoms with Gasteiger partial charge in [-0.25, -0.2) is 0 Å². The lowest BCUT2D eigenvalue weighted by molar-refractivity contribution is -0.132. The van der Waals surface area contributed by atoms with Gasteiger partial charge in [-0.2, -0.15) is 0 Å². The zero-order valence-corrected chi connectivity index (χ0v) is 15.0. The van der Waals surface area contributed by atoms with Gasteiger partial charge in [0.2, 0.25) is 11.8 Å². The van der Waals surface area contributed by atoms with Crippen LogP contribution in [0.5, 0.6) is 0 Å². The minimum atomic E-state index is 0.168. The topological polar surface area (TPSA) is 59.2 Å². The maximum absolute atomic E-state index is 12.5. The lowest BCUT2D eigenvalue weighted by Crippen LogP contribution is -2.44. The summed E-state index contributed by atoms with van der Waals surface area (Å²) in [5, 5.41) is 8.59. The van der Waals surface area contributed by atoms with E-state index in [9.17, 15) is 4.79 Å². The molecule has 0 spiro atoms. The highest BCUT2D eigenvalue weighted by molar-refractivity contribution is 7.99. The van der Waals surface area contributed by atoms with E-state index in [1.54, 1.807) is 0 Å². The molecular weight excluding hydrogens is 322 g/mol. The Morgan fingerprint density at radius 3 is 3.04 bits per heavy atom. The predicted octanol–water partition coefficient (Wildman–Crippen LogP) is 3.93. The number of hydrogen-bond donors (Lipinski definition) is 0. The first kappa shape index (κ1) is 17.0. The van der Waals surface area contributed by atoms with Gasteiger partial charge in [-0.05, 0) is 44.7 Å². The SMILES string of the molecule is CC[C@@H]1CCCCN1C(=O)CSc1nnc(-c2cccc(C)c2)o1. The van der Waals surface area contributed by atoms with Gasteiger partial charge < -0.3 is 9.32 Å². The molecule has 3 rings (SSSR count). The van der Waals surface area contributed by atoms with Crippen LogP contribution in [0.25, 0.3) is 11.5 Å². The monoisotopic (exact) mass is 345 g/mol. The van der Waals surface area contributed by atoms with Crippen molar-refractivity contribution in [2.24, 2.45) is 0 Å². The minimum Gasteiger partial charge on any atom is -0.411 e. The Morgan fingerprint density at radius 1 is 1.38 bits per heavy atom. The summed E-state index contributed by atoms with van der Waals surface area (Å²) in [6.45, 7) is 5.04. The molecule has 0 unspecified atom stereocenters. The molecule has 0 bridgehead atoms. The molecule has 0 radical (unpaired) electrons. The third-order valence-corrected chi connectivity index (χ3v) is 5.21. The molecule has 1 aromatic carbocycles. The number of thioether (sulfide) groups is 1. The van der Waals surface area contributed by atoms with E-state index in [4.69, 9.17) is 4.42 Å². The molecule has 2 heterocycles. The van der Waals surface area contributed by atoms with Crippen molar-refractivity contribution in [2.75, 3.05) is 12.3 Å². The second kappa shape index (κ2) is 7.83. The van der Waals surface area contributed by atoms with Crippen molar-refractivity contribution in [3.63, 3.8) is 0 Å². The van der Waals surface area contributed by atoms with Crippen LogP contribution in [-0.4, -0.2) is 39.3 Å². The van der Waals surface area contributed by atoms with Crippen molar-refractivity contribution in [2.45, 2.75) is 50.8 Å². The van der Waals surface area contributed by atoms with E-state index in [1.165, 1.54) is 18.2 Å². The molecule has 0 saturated carbocycles. The van der Waals surface area contributed by atoms with Gasteiger partial charge in [0, 0.05) is 18.2 Å². The van der Waals surface area contributed by atoms with Crippen molar-refractivity contribution in [1.29, 1.82) is 0 Å². The Morgan fingerprint density at radius 2 is 2.25 bits per heavy atom. The Hall–Kier alpha value is -1.82. The largest absolute Gasteiger partial charge is 0.411 e. The van der Waals surface area contributed by atoms with E-state index in [2.05, 4.69) is 17.1 Å². The van der Waals surface area contributed by atoms with Crippen LogP contribution >= 0.6 is 11.8 Å². The van der Waals surface area contributed by atoms with E-state index >= 15 is 0 Å². The van der Waals surface area contributed by atoms with Crippen molar-refractivity contribution in [1.82, 2.24) is 15.1 Å². The van der Waals surface area contributed by atoms with Crippen LogP contribution < -0.4 is 0 Å². The Bertz CT molecular complexity index is 701. The van der Waals surface area contributed by atoms with E-state index in [-0.39, 0.29) is 5.91 Å². The summed E-state index contributed by atoms with van der Waals surface area (Å²) in [4.78, 5) is 14.5. The van der Waals surface area contributed by atoms with Gasteiger partial charge in [0.05, 0.1) is 5.75 Å². The number of likely N-dealkylation sites (tertiary alicyclic amines) is 1. The fraction of sp³-hybridized carbons (Fsp3) is 0.500. The maximum atomic E-state index is 12.5. The molecule has 6 heteroatoms. The molecular formula is C18H23N3O2S. The highest BCUT2D eigenvalue weighted by atomic mass is 32.2. The Balaban J connectivity index is 1.60. The number of amides is 1. The molecule has 1 atom stereocenters. The van der Waals surface area contributed by atoms with Crippen molar-refractivity contribution >= 4 is 17.7 Å². The van der Waals surface area contributed by atoms with Crippen LogP contribution in [-0.2, 0) is 4.79 Å². The summed E-state index contributed by atoms with van der Waals surface area (Å²) in [7, 11) is 0. The minimum absolute atomic E-state index is 0.168. The summed E-state index contributed by atoms with van der Waals surface area (Å²) in [6.07, 6.45) is 4.46. The second-order valence-corrected chi connectivity index (χ2v) is 7.10. The summed E-state index contributed by atoms with van der Waals surface area (Å²) >= 11 is 1.32. The number of aromatic nitrogens is 2. The van der Waals surface area contributed by atoms with Crippen LogP contribution in [0.4, 0.5) is 0 Å². The summed E-state index contributed by atoms with van der Waals surface area (Å²) < 4.78 is 5.69. The number of carbonyl (C=O) groups is 1. The molecule has 1 aliphatic heterocycles. The lowest BCUT2D eigenvalue weighted by Gasteiger charge is -2.35. The summed E-state index contributed by atoms with van der Waals surface area (Å²) in [5.41, 5.74) is 2.05. The Kier molecular flexibility index (Phi) is 5.56. The maximum Gasteiger partial charge on any atom is 0.277 e.